The van der Waals surface area contributed by atoms with Gasteiger partial charge in [0, 0.05) is 30.2 Å². The molecule has 0 bridgehead atoms. The Balaban J connectivity index is 2.03. The van der Waals surface area contributed by atoms with Gasteiger partial charge < -0.3 is 10.3 Å². The molecule has 3 rings (SSSR count). The van der Waals surface area contributed by atoms with Crippen molar-refractivity contribution in [1.82, 2.24) is 9.97 Å². The largest absolute Gasteiger partial charge is 0.310 e. The maximum Gasteiger partial charge on any atom is 0.269 e. The van der Waals surface area contributed by atoms with Crippen LogP contribution in [-0.2, 0) is 4.79 Å². The van der Waals surface area contributed by atoms with Gasteiger partial charge in [-0.15, -0.1) is 6.58 Å². The zero-order chi connectivity index (χ0) is 18.0. The molecule has 2 N–H and O–H groups in total. The molecule has 2 heterocycles. The number of benzene rings is 1. The maximum absolute atomic E-state index is 12.5. The molecular formula is C16H14N4O4S. The Kier molecular flexibility index (Phi) is 4.66. The summed E-state index contributed by atoms with van der Waals surface area (Å²) in [5.41, 5.74) is 0.629. The lowest BCUT2D eigenvalue weighted by Crippen LogP contribution is -2.31. The van der Waals surface area contributed by atoms with E-state index in [0.717, 1.165) is 0 Å². The molecule has 1 atom stereocenters. The minimum absolute atomic E-state index is 0.0487. The summed E-state index contributed by atoms with van der Waals surface area (Å²) in [5.74, 6) is 0.0457. The van der Waals surface area contributed by atoms with E-state index >= 15 is 0 Å². The maximum atomic E-state index is 12.5. The quantitative estimate of drug-likeness (QED) is 0.279. The predicted molar refractivity (Wildman–Crippen MR) is 94.0 cm³/mol. The first kappa shape index (κ1) is 16.9. The second-order valence-corrected chi connectivity index (χ2v) is 6.40. The highest BCUT2D eigenvalue weighted by Crippen LogP contribution is 2.34. The molecule has 0 spiro atoms. The van der Waals surface area contributed by atoms with Gasteiger partial charge in [0.1, 0.15) is 5.82 Å². The number of nitro groups is 1. The summed E-state index contributed by atoms with van der Waals surface area (Å²) in [4.78, 5) is 41.8. The van der Waals surface area contributed by atoms with Crippen LogP contribution in [-0.4, -0.2) is 26.6 Å². The Morgan fingerprint density at radius 3 is 2.72 bits per heavy atom. The molecule has 0 radical (unpaired) electrons. The van der Waals surface area contributed by atoms with Gasteiger partial charge in [0.2, 0.25) is 5.91 Å². The topological polar surface area (TPSA) is 118 Å². The zero-order valence-corrected chi connectivity index (χ0v) is 13.8. The highest BCUT2D eigenvalue weighted by molar-refractivity contribution is 7.99. The molecule has 1 aliphatic heterocycles. The number of anilines is 1. The van der Waals surface area contributed by atoms with E-state index in [1.54, 1.807) is 18.2 Å². The van der Waals surface area contributed by atoms with Crippen LogP contribution in [0.15, 0.2) is 46.9 Å². The van der Waals surface area contributed by atoms with Gasteiger partial charge in [-0.1, -0.05) is 30.0 Å². The van der Waals surface area contributed by atoms with Gasteiger partial charge in [0.15, 0.2) is 5.16 Å². The standard InChI is InChI=1S/C16H14N4O4S/c1-2-7-25-16-18-14-13(15(22)19-16)11(8-12(21)17-14)9-3-5-10(6-4-9)20(23)24/h2-6,11H,1,7-8H2,(H2,17,18,19,21,22). The molecule has 1 aliphatic rings. The predicted octanol–water partition coefficient (Wildman–Crippen LogP) is 2.43. The molecule has 0 aliphatic carbocycles. The Labute approximate surface area is 146 Å². The van der Waals surface area contributed by atoms with Crippen LogP contribution in [0, 0.1) is 10.1 Å². The summed E-state index contributed by atoms with van der Waals surface area (Å²) in [5, 5.41) is 13.8. The molecule has 8 nitrogen and oxygen atoms in total. The first-order chi connectivity index (χ1) is 12.0. The summed E-state index contributed by atoms with van der Waals surface area (Å²) in [6.45, 7) is 3.61. The Morgan fingerprint density at radius 1 is 1.36 bits per heavy atom. The lowest BCUT2D eigenvalue weighted by molar-refractivity contribution is -0.384. The molecule has 1 unspecified atom stereocenters. The van der Waals surface area contributed by atoms with Crippen LogP contribution in [0.4, 0.5) is 11.5 Å². The summed E-state index contributed by atoms with van der Waals surface area (Å²) in [6, 6.07) is 5.84. The van der Waals surface area contributed by atoms with Crippen LogP contribution in [0.1, 0.15) is 23.5 Å². The molecule has 9 heteroatoms. The van der Waals surface area contributed by atoms with E-state index in [0.29, 0.717) is 22.0 Å². The Morgan fingerprint density at radius 2 is 2.08 bits per heavy atom. The summed E-state index contributed by atoms with van der Waals surface area (Å²) >= 11 is 1.30. The highest BCUT2D eigenvalue weighted by atomic mass is 32.2. The number of non-ortho nitro benzene ring substituents is 1. The van der Waals surface area contributed by atoms with Gasteiger partial charge in [0.05, 0.1) is 10.5 Å². The molecule has 2 aromatic rings. The molecule has 1 aromatic carbocycles. The third-order valence-corrected chi connectivity index (χ3v) is 4.64. The first-order valence-electron chi connectivity index (χ1n) is 7.41. The number of H-pyrrole nitrogens is 1. The van der Waals surface area contributed by atoms with E-state index in [1.807, 2.05) is 0 Å². The fourth-order valence-electron chi connectivity index (χ4n) is 2.67. The van der Waals surface area contributed by atoms with Gasteiger partial charge in [-0.2, -0.15) is 0 Å². The minimum Gasteiger partial charge on any atom is -0.310 e. The van der Waals surface area contributed by atoms with Crippen molar-refractivity contribution in [2.45, 2.75) is 17.5 Å². The van der Waals surface area contributed by atoms with E-state index < -0.39 is 10.8 Å². The number of nitrogens with zero attached hydrogens (tertiary/aromatic N) is 2. The number of carbonyl (C=O) groups excluding carboxylic acids is 1. The van der Waals surface area contributed by atoms with E-state index in [2.05, 4.69) is 21.9 Å². The van der Waals surface area contributed by atoms with E-state index in [1.165, 1.54) is 23.9 Å². The van der Waals surface area contributed by atoms with Gasteiger partial charge >= 0.3 is 0 Å². The van der Waals surface area contributed by atoms with Crippen molar-refractivity contribution in [3.63, 3.8) is 0 Å². The molecule has 1 aromatic heterocycles. The van der Waals surface area contributed by atoms with Crippen LogP contribution < -0.4 is 10.9 Å². The number of amides is 1. The number of nitrogens with one attached hydrogen (secondary N) is 2. The molecule has 0 fully saturated rings. The van der Waals surface area contributed by atoms with Crippen molar-refractivity contribution in [3.8, 4) is 0 Å². The zero-order valence-electron chi connectivity index (χ0n) is 13.0. The molecule has 1 amide bonds. The minimum atomic E-state index is -0.501. The van der Waals surface area contributed by atoms with Crippen LogP contribution in [0.2, 0.25) is 0 Å². The number of aromatic amines is 1. The number of thioether (sulfide) groups is 1. The molecule has 0 saturated carbocycles. The smallest absolute Gasteiger partial charge is 0.269 e. The number of fused-ring (bicyclic) bond motifs is 1. The molecule has 0 saturated heterocycles. The lowest BCUT2D eigenvalue weighted by atomic mass is 9.87. The van der Waals surface area contributed by atoms with Gasteiger partial charge in [-0.25, -0.2) is 4.98 Å². The third kappa shape index (κ3) is 3.45. The van der Waals surface area contributed by atoms with Crippen molar-refractivity contribution >= 4 is 29.2 Å². The lowest BCUT2D eigenvalue weighted by Gasteiger charge is -2.24. The van der Waals surface area contributed by atoms with Crippen LogP contribution in [0.3, 0.4) is 0 Å². The fourth-order valence-corrected chi connectivity index (χ4v) is 3.27. The average molecular weight is 358 g/mol. The van der Waals surface area contributed by atoms with Crippen molar-refractivity contribution in [1.29, 1.82) is 0 Å². The third-order valence-electron chi connectivity index (χ3n) is 3.77. The normalized spacial score (nSPS) is 16.0. The van der Waals surface area contributed by atoms with Gasteiger partial charge in [-0.3, -0.25) is 19.7 Å². The van der Waals surface area contributed by atoms with Crippen LogP contribution in [0.25, 0.3) is 0 Å². The van der Waals surface area contributed by atoms with Gasteiger partial charge in [0.25, 0.3) is 11.2 Å². The first-order valence-corrected chi connectivity index (χ1v) is 8.40. The van der Waals surface area contributed by atoms with Crippen molar-refractivity contribution in [2.24, 2.45) is 0 Å². The van der Waals surface area contributed by atoms with Crippen LogP contribution >= 0.6 is 11.8 Å². The number of rotatable bonds is 5. The monoisotopic (exact) mass is 358 g/mol. The summed E-state index contributed by atoms with van der Waals surface area (Å²) < 4.78 is 0. The highest BCUT2D eigenvalue weighted by Gasteiger charge is 2.31. The van der Waals surface area contributed by atoms with Crippen LogP contribution in [0.5, 0.6) is 0 Å². The number of carbonyl (C=O) groups is 1. The van der Waals surface area contributed by atoms with Crippen molar-refractivity contribution in [2.75, 3.05) is 11.1 Å². The van der Waals surface area contributed by atoms with E-state index in [4.69, 9.17) is 0 Å². The van der Waals surface area contributed by atoms with Crippen molar-refractivity contribution < 1.29 is 9.72 Å². The second kappa shape index (κ2) is 6.89. The molecule has 25 heavy (non-hydrogen) atoms. The SMILES string of the molecule is C=CCSc1nc2c(c(=O)[nH]1)C(c1ccc([N+](=O)[O-])cc1)CC(=O)N2. The number of aromatic nitrogens is 2. The Bertz CT molecular complexity index is 907. The van der Waals surface area contributed by atoms with Gasteiger partial charge in [-0.05, 0) is 5.56 Å². The van der Waals surface area contributed by atoms with Crippen molar-refractivity contribution in [3.05, 3.63) is 68.5 Å². The van der Waals surface area contributed by atoms with E-state index in [-0.39, 0.29) is 29.4 Å². The number of hydrogen-bond acceptors (Lipinski definition) is 6. The average Bonchev–Trinajstić information content (AvgIpc) is 2.59. The number of hydrogen-bond donors (Lipinski definition) is 2. The summed E-state index contributed by atoms with van der Waals surface area (Å²) in [6.07, 6.45) is 1.76. The van der Waals surface area contributed by atoms with E-state index in [9.17, 15) is 19.7 Å². The summed E-state index contributed by atoms with van der Waals surface area (Å²) in [7, 11) is 0. The molecule has 128 valence electrons. The molecular weight excluding hydrogens is 344 g/mol. The Hall–Kier alpha value is -2.94. The number of nitro benzene ring substituents is 1. The second-order valence-electron chi connectivity index (χ2n) is 5.39. The fraction of sp³-hybridized carbons (Fsp3) is 0.188.